The van der Waals surface area contributed by atoms with E-state index in [1.807, 2.05) is 13.8 Å². The lowest BCUT2D eigenvalue weighted by atomic mass is 10.0. The maximum atomic E-state index is 11.1. The zero-order valence-electron chi connectivity index (χ0n) is 8.20. The number of aliphatic hydroxyl groups is 1. The van der Waals surface area contributed by atoms with E-state index in [9.17, 15) is 9.90 Å². The Morgan fingerprint density at radius 1 is 1.42 bits per heavy atom. The normalized spacial score (nSPS) is 15.8. The van der Waals surface area contributed by atoms with E-state index in [0.717, 1.165) is 6.42 Å². The fourth-order valence-corrected chi connectivity index (χ4v) is 0.758. The molecule has 0 saturated carbocycles. The fraction of sp³-hybridized carbons (Fsp3) is 0.889. The van der Waals surface area contributed by atoms with Crippen LogP contribution in [0.4, 0.5) is 0 Å². The summed E-state index contributed by atoms with van der Waals surface area (Å²) in [5.41, 5.74) is 0. The molecule has 0 saturated heterocycles. The topological polar surface area (TPSA) is 46.5 Å². The van der Waals surface area contributed by atoms with Crippen molar-refractivity contribution in [3.8, 4) is 0 Å². The molecule has 0 aromatic carbocycles. The van der Waals surface area contributed by atoms with Crippen LogP contribution >= 0.6 is 0 Å². The van der Waals surface area contributed by atoms with Crippen LogP contribution in [0.5, 0.6) is 0 Å². The number of esters is 1. The number of carbonyl (C=O) groups excluding carboxylic acids is 1. The molecule has 3 nitrogen and oxygen atoms in total. The van der Waals surface area contributed by atoms with Crippen molar-refractivity contribution in [2.45, 2.75) is 46.3 Å². The Morgan fingerprint density at radius 3 is 2.25 bits per heavy atom. The van der Waals surface area contributed by atoms with Gasteiger partial charge in [0.2, 0.25) is 0 Å². The highest BCUT2D eigenvalue weighted by molar-refractivity contribution is 5.74. The van der Waals surface area contributed by atoms with Gasteiger partial charge in [-0.05, 0) is 19.8 Å². The second-order valence-electron chi connectivity index (χ2n) is 3.32. The summed E-state index contributed by atoms with van der Waals surface area (Å²) in [6.07, 6.45) is -0.359. The molecule has 1 N–H and O–H groups in total. The van der Waals surface area contributed by atoms with E-state index in [1.165, 1.54) is 0 Å². The van der Waals surface area contributed by atoms with Crippen LogP contribution in [-0.4, -0.2) is 23.3 Å². The minimum absolute atomic E-state index is 0.0313. The van der Waals surface area contributed by atoms with Gasteiger partial charge >= 0.3 is 5.97 Å². The lowest BCUT2D eigenvalue weighted by Crippen LogP contribution is -2.31. The predicted octanol–water partition coefficient (Wildman–Crippen LogP) is 1.34. The summed E-state index contributed by atoms with van der Waals surface area (Å²) in [6, 6.07) is 0. The zero-order valence-corrected chi connectivity index (χ0v) is 8.20. The first kappa shape index (κ1) is 11.4. The molecule has 2 atom stereocenters. The molecule has 2 unspecified atom stereocenters. The van der Waals surface area contributed by atoms with Crippen LogP contribution in [0.2, 0.25) is 0 Å². The third kappa shape index (κ3) is 3.72. The summed E-state index contributed by atoms with van der Waals surface area (Å²) >= 11 is 0. The lowest BCUT2D eigenvalue weighted by molar-refractivity contribution is -0.160. The fourth-order valence-electron chi connectivity index (χ4n) is 0.758. The predicted molar refractivity (Wildman–Crippen MR) is 46.7 cm³/mol. The molecule has 0 rings (SSSR count). The van der Waals surface area contributed by atoms with Crippen molar-refractivity contribution >= 4 is 5.97 Å². The molecule has 0 fully saturated rings. The van der Waals surface area contributed by atoms with Gasteiger partial charge in [-0.2, -0.15) is 0 Å². The monoisotopic (exact) mass is 174 g/mol. The molecule has 72 valence electrons. The Bertz CT molecular complexity index is 143. The standard InChI is InChI=1S/C9H18O3/c1-5-7(4)8(10)9(11)12-6(2)3/h6-8,10H,5H2,1-4H3. The minimum atomic E-state index is -0.975. The Balaban J connectivity index is 3.92. The minimum Gasteiger partial charge on any atom is -0.461 e. The molecule has 0 aliphatic heterocycles. The molecule has 0 aliphatic carbocycles. The van der Waals surface area contributed by atoms with E-state index >= 15 is 0 Å². The number of aliphatic hydroxyl groups excluding tert-OH is 1. The molecular weight excluding hydrogens is 156 g/mol. The number of hydrogen-bond acceptors (Lipinski definition) is 3. The van der Waals surface area contributed by atoms with Gasteiger partial charge in [-0.3, -0.25) is 0 Å². The Morgan fingerprint density at radius 2 is 1.92 bits per heavy atom. The lowest BCUT2D eigenvalue weighted by Gasteiger charge is -2.17. The van der Waals surface area contributed by atoms with Gasteiger partial charge in [0.1, 0.15) is 0 Å². The molecule has 0 spiro atoms. The molecule has 0 aromatic heterocycles. The summed E-state index contributed by atoms with van der Waals surface area (Å²) in [5.74, 6) is -0.546. The average molecular weight is 174 g/mol. The van der Waals surface area contributed by atoms with Crippen LogP contribution < -0.4 is 0 Å². The SMILES string of the molecule is CCC(C)C(O)C(=O)OC(C)C. The highest BCUT2D eigenvalue weighted by atomic mass is 16.6. The number of hydrogen-bond donors (Lipinski definition) is 1. The molecule has 0 aromatic rings. The van der Waals surface area contributed by atoms with E-state index in [-0.39, 0.29) is 12.0 Å². The van der Waals surface area contributed by atoms with Gasteiger partial charge in [0, 0.05) is 0 Å². The van der Waals surface area contributed by atoms with E-state index in [0.29, 0.717) is 0 Å². The molecule has 3 heteroatoms. The molecule has 12 heavy (non-hydrogen) atoms. The highest BCUT2D eigenvalue weighted by Gasteiger charge is 2.22. The van der Waals surface area contributed by atoms with E-state index in [4.69, 9.17) is 4.74 Å². The Kier molecular flexibility index (Phi) is 4.90. The number of carbonyl (C=O) groups is 1. The molecule has 0 amide bonds. The van der Waals surface area contributed by atoms with Crippen LogP contribution in [0.25, 0.3) is 0 Å². The second-order valence-corrected chi connectivity index (χ2v) is 3.32. The van der Waals surface area contributed by atoms with Crippen LogP contribution in [0, 0.1) is 5.92 Å². The largest absolute Gasteiger partial charge is 0.461 e. The summed E-state index contributed by atoms with van der Waals surface area (Å²) in [5, 5.41) is 9.36. The Hall–Kier alpha value is -0.570. The van der Waals surface area contributed by atoms with E-state index in [1.54, 1.807) is 13.8 Å². The van der Waals surface area contributed by atoms with E-state index < -0.39 is 12.1 Å². The first-order chi connectivity index (χ1) is 5.49. The van der Waals surface area contributed by atoms with Crippen LogP contribution in [0.3, 0.4) is 0 Å². The molecular formula is C9H18O3. The van der Waals surface area contributed by atoms with Crippen LogP contribution in [0.15, 0.2) is 0 Å². The van der Waals surface area contributed by atoms with Gasteiger partial charge < -0.3 is 9.84 Å². The van der Waals surface area contributed by atoms with Gasteiger partial charge in [-0.1, -0.05) is 20.3 Å². The smallest absolute Gasteiger partial charge is 0.335 e. The summed E-state index contributed by atoms with van der Waals surface area (Å²) < 4.78 is 4.85. The van der Waals surface area contributed by atoms with Gasteiger partial charge in [0.25, 0.3) is 0 Å². The van der Waals surface area contributed by atoms with Crippen molar-refractivity contribution in [1.82, 2.24) is 0 Å². The van der Waals surface area contributed by atoms with Crippen molar-refractivity contribution in [3.05, 3.63) is 0 Å². The summed E-state index contributed by atoms with van der Waals surface area (Å²) in [4.78, 5) is 11.1. The van der Waals surface area contributed by atoms with Crippen LogP contribution in [0.1, 0.15) is 34.1 Å². The maximum Gasteiger partial charge on any atom is 0.335 e. The third-order valence-corrected chi connectivity index (χ3v) is 1.78. The zero-order chi connectivity index (χ0) is 9.72. The van der Waals surface area contributed by atoms with Crippen molar-refractivity contribution < 1.29 is 14.6 Å². The first-order valence-corrected chi connectivity index (χ1v) is 4.37. The highest BCUT2D eigenvalue weighted by Crippen LogP contribution is 2.09. The first-order valence-electron chi connectivity index (χ1n) is 4.37. The third-order valence-electron chi connectivity index (χ3n) is 1.78. The maximum absolute atomic E-state index is 11.1. The second kappa shape index (κ2) is 5.14. The molecule has 0 bridgehead atoms. The quantitative estimate of drug-likeness (QED) is 0.654. The van der Waals surface area contributed by atoms with Crippen LogP contribution in [-0.2, 0) is 9.53 Å². The molecule has 0 radical (unpaired) electrons. The van der Waals surface area contributed by atoms with Gasteiger partial charge in [-0.25, -0.2) is 4.79 Å². The van der Waals surface area contributed by atoms with Crippen molar-refractivity contribution in [3.63, 3.8) is 0 Å². The number of ether oxygens (including phenoxy) is 1. The van der Waals surface area contributed by atoms with Crippen molar-refractivity contribution in [1.29, 1.82) is 0 Å². The van der Waals surface area contributed by atoms with Gasteiger partial charge in [0.05, 0.1) is 6.10 Å². The number of rotatable bonds is 4. The summed E-state index contributed by atoms with van der Waals surface area (Å²) in [6.45, 7) is 7.28. The molecule has 0 aliphatic rings. The molecule has 0 heterocycles. The van der Waals surface area contributed by atoms with Gasteiger partial charge in [-0.15, -0.1) is 0 Å². The summed E-state index contributed by atoms with van der Waals surface area (Å²) in [7, 11) is 0. The van der Waals surface area contributed by atoms with Crippen molar-refractivity contribution in [2.75, 3.05) is 0 Å². The van der Waals surface area contributed by atoms with Crippen molar-refractivity contribution in [2.24, 2.45) is 5.92 Å². The van der Waals surface area contributed by atoms with E-state index in [2.05, 4.69) is 0 Å². The Labute approximate surface area is 73.7 Å². The van der Waals surface area contributed by atoms with Gasteiger partial charge in [0.15, 0.2) is 6.10 Å². The average Bonchev–Trinajstić information content (AvgIpc) is 2.00.